The molecule has 4 aromatic rings. The van der Waals surface area contributed by atoms with Crippen molar-refractivity contribution >= 4 is 33.3 Å². The SMILES string of the molecule is CCCc1noc([C@H](C)Sc2nc3scc(-c4ccc(F)cc4)c3c(=O)[nH]2)n1. The number of hydrogen-bond acceptors (Lipinski definition) is 7. The Morgan fingerprint density at radius 1 is 1.29 bits per heavy atom. The molecular weight excluding hydrogens is 399 g/mol. The molecule has 144 valence electrons. The molecule has 0 radical (unpaired) electrons. The summed E-state index contributed by atoms with van der Waals surface area (Å²) >= 11 is 2.74. The van der Waals surface area contributed by atoms with Gasteiger partial charge in [-0.3, -0.25) is 4.79 Å². The summed E-state index contributed by atoms with van der Waals surface area (Å²) < 4.78 is 18.5. The number of nitrogens with zero attached hydrogens (tertiary/aromatic N) is 3. The minimum absolute atomic E-state index is 0.143. The zero-order chi connectivity index (χ0) is 19.7. The van der Waals surface area contributed by atoms with Gasteiger partial charge in [-0.25, -0.2) is 9.37 Å². The van der Waals surface area contributed by atoms with Gasteiger partial charge in [0.15, 0.2) is 11.0 Å². The Morgan fingerprint density at radius 2 is 2.07 bits per heavy atom. The van der Waals surface area contributed by atoms with Crippen LogP contribution in [-0.2, 0) is 6.42 Å². The number of aromatic amines is 1. The lowest BCUT2D eigenvalue weighted by Crippen LogP contribution is -2.09. The van der Waals surface area contributed by atoms with Crippen LogP contribution in [0, 0.1) is 5.82 Å². The average Bonchev–Trinajstić information content (AvgIpc) is 3.30. The van der Waals surface area contributed by atoms with E-state index in [9.17, 15) is 9.18 Å². The fourth-order valence-corrected chi connectivity index (χ4v) is 4.64. The van der Waals surface area contributed by atoms with Crippen LogP contribution in [0.3, 0.4) is 0 Å². The molecule has 3 heterocycles. The lowest BCUT2D eigenvalue weighted by atomic mass is 10.1. The summed E-state index contributed by atoms with van der Waals surface area (Å²) in [5, 5.41) is 6.69. The van der Waals surface area contributed by atoms with Gasteiger partial charge >= 0.3 is 0 Å². The summed E-state index contributed by atoms with van der Waals surface area (Å²) in [4.78, 5) is 25.1. The first-order valence-electron chi connectivity index (χ1n) is 8.81. The summed E-state index contributed by atoms with van der Waals surface area (Å²) in [5.41, 5.74) is 1.31. The van der Waals surface area contributed by atoms with Gasteiger partial charge in [0.25, 0.3) is 5.56 Å². The fourth-order valence-electron chi connectivity index (χ4n) is 2.80. The second-order valence-corrected chi connectivity index (χ2v) is 8.45. The summed E-state index contributed by atoms with van der Waals surface area (Å²) in [7, 11) is 0. The van der Waals surface area contributed by atoms with Crippen molar-refractivity contribution in [3.05, 3.63) is 57.5 Å². The van der Waals surface area contributed by atoms with Crippen molar-refractivity contribution in [1.29, 1.82) is 0 Å². The minimum atomic E-state index is -0.314. The number of halogens is 1. The van der Waals surface area contributed by atoms with Gasteiger partial charge in [-0.1, -0.05) is 36.0 Å². The van der Waals surface area contributed by atoms with Crippen molar-refractivity contribution in [1.82, 2.24) is 20.1 Å². The summed E-state index contributed by atoms with van der Waals surface area (Å²) in [6.07, 6.45) is 1.71. The number of rotatable bonds is 6. The molecule has 3 aromatic heterocycles. The smallest absolute Gasteiger partial charge is 0.260 e. The Bertz CT molecular complexity index is 1170. The number of thioether (sulfide) groups is 1. The van der Waals surface area contributed by atoms with Crippen molar-refractivity contribution in [3.63, 3.8) is 0 Å². The van der Waals surface area contributed by atoms with Gasteiger partial charge in [0.2, 0.25) is 5.89 Å². The lowest BCUT2D eigenvalue weighted by Gasteiger charge is -2.05. The molecule has 0 saturated heterocycles. The van der Waals surface area contributed by atoms with E-state index in [1.165, 1.54) is 35.2 Å². The van der Waals surface area contributed by atoms with Gasteiger partial charge in [-0.2, -0.15) is 4.98 Å². The van der Waals surface area contributed by atoms with Crippen molar-refractivity contribution in [2.45, 2.75) is 37.1 Å². The quantitative estimate of drug-likeness (QED) is 0.352. The molecule has 9 heteroatoms. The molecule has 0 bridgehead atoms. The van der Waals surface area contributed by atoms with Crippen LogP contribution in [0.1, 0.15) is 37.2 Å². The second kappa shape index (κ2) is 7.84. The van der Waals surface area contributed by atoms with Gasteiger partial charge in [-0.05, 0) is 31.0 Å². The highest BCUT2D eigenvalue weighted by Gasteiger charge is 2.19. The highest BCUT2D eigenvalue weighted by molar-refractivity contribution is 7.99. The number of thiophene rings is 1. The first-order chi connectivity index (χ1) is 13.5. The van der Waals surface area contributed by atoms with E-state index in [4.69, 9.17) is 4.52 Å². The number of aromatic nitrogens is 4. The van der Waals surface area contributed by atoms with Gasteiger partial charge in [0.05, 0.1) is 10.6 Å². The van der Waals surface area contributed by atoms with E-state index in [-0.39, 0.29) is 16.6 Å². The topological polar surface area (TPSA) is 84.7 Å². The molecule has 0 amide bonds. The second-order valence-electron chi connectivity index (χ2n) is 6.27. The Balaban J connectivity index is 1.62. The predicted molar refractivity (Wildman–Crippen MR) is 108 cm³/mol. The molecule has 28 heavy (non-hydrogen) atoms. The molecule has 1 atom stereocenters. The highest BCUT2D eigenvalue weighted by Crippen LogP contribution is 2.35. The van der Waals surface area contributed by atoms with Crippen molar-refractivity contribution in [2.75, 3.05) is 0 Å². The fraction of sp³-hybridized carbons (Fsp3) is 0.263. The molecule has 4 rings (SSSR count). The molecule has 6 nitrogen and oxygen atoms in total. The first kappa shape index (κ1) is 18.8. The van der Waals surface area contributed by atoms with Crippen LogP contribution in [0.15, 0.2) is 44.1 Å². The van der Waals surface area contributed by atoms with Crippen molar-refractivity contribution < 1.29 is 8.91 Å². The molecule has 1 aromatic carbocycles. The van der Waals surface area contributed by atoms with Crippen LogP contribution in [0.4, 0.5) is 4.39 Å². The Morgan fingerprint density at radius 3 is 2.82 bits per heavy atom. The normalized spacial score (nSPS) is 12.5. The van der Waals surface area contributed by atoms with Crippen LogP contribution >= 0.6 is 23.1 Å². The van der Waals surface area contributed by atoms with E-state index in [1.54, 1.807) is 12.1 Å². The molecule has 0 aliphatic carbocycles. The van der Waals surface area contributed by atoms with Gasteiger partial charge in [0.1, 0.15) is 10.6 Å². The molecule has 0 aliphatic heterocycles. The third-order valence-electron chi connectivity index (χ3n) is 4.17. The third-order valence-corrected chi connectivity index (χ3v) is 6.02. The third kappa shape index (κ3) is 3.72. The van der Waals surface area contributed by atoms with E-state index in [2.05, 4.69) is 27.0 Å². The number of benzene rings is 1. The number of hydrogen-bond donors (Lipinski definition) is 1. The van der Waals surface area contributed by atoms with E-state index < -0.39 is 0 Å². The molecule has 0 unspecified atom stereocenters. The average molecular weight is 417 g/mol. The monoisotopic (exact) mass is 416 g/mol. The van der Waals surface area contributed by atoms with Crippen LogP contribution in [0.5, 0.6) is 0 Å². The van der Waals surface area contributed by atoms with Crippen LogP contribution < -0.4 is 5.56 Å². The van der Waals surface area contributed by atoms with E-state index >= 15 is 0 Å². The maximum Gasteiger partial charge on any atom is 0.260 e. The van der Waals surface area contributed by atoms with Gasteiger partial charge in [-0.15, -0.1) is 11.3 Å². The number of fused-ring (bicyclic) bond motifs is 1. The number of aryl methyl sites for hydroxylation is 1. The molecule has 0 fully saturated rings. The molecule has 0 saturated carbocycles. The molecular formula is C19H17FN4O2S2. The first-order valence-corrected chi connectivity index (χ1v) is 10.6. The Labute approximate surface area is 168 Å². The predicted octanol–water partition coefficient (Wildman–Crippen LogP) is 4.98. The molecule has 0 spiro atoms. The van der Waals surface area contributed by atoms with Crippen LogP contribution in [-0.4, -0.2) is 20.1 Å². The maximum atomic E-state index is 13.2. The van der Waals surface area contributed by atoms with E-state index in [1.807, 2.05) is 12.3 Å². The summed E-state index contributed by atoms with van der Waals surface area (Å²) in [6.45, 7) is 3.98. The minimum Gasteiger partial charge on any atom is -0.338 e. The highest BCUT2D eigenvalue weighted by atomic mass is 32.2. The van der Waals surface area contributed by atoms with E-state index in [0.29, 0.717) is 27.1 Å². The molecule has 0 aliphatic rings. The van der Waals surface area contributed by atoms with E-state index in [0.717, 1.165) is 24.0 Å². The standard InChI is InChI=1S/C19H17FN4O2S2/c1-3-4-14-21-17(26-24-14)10(2)28-19-22-16(25)15-13(9-27-18(15)23-19)11-5-7-12(20)8-6-11/h5-10H,3-4H2,1-2H3,(H,22,23,25)/t10-/m0/s1. The lowest BCUT2D eigenvalue weighted by molar-refractivity contribution is 0.374. The maximum absolute atomic E-state index is 13.2. The Hall–Kier alpha value is -2.52. The van der Waals surface area contributed by atoms with Crippen molar-refractivity contribution in [3.8, 4) is 11.1 Å². The number of H-pyrrole nitrogens is 1. The van der Waals surface area contributed by atoms with Gasteiger partial charge < -0.3 is 9.51 Å². The Kier molecular flexibility index (Phi) is 5.27. The van der Waals surface area contributed by atoms with Crippen molar-refractivity contribution in [2.24, 2.45) is 0 Å². The van der Waals surface area contributed by atoms with Crippen LogP contribution in [0.2, 0.25) is 0 Å². The zero-order valence-corrected chi connectivity index (χ0v) is 16.9. The van der Waals surface area contributed by atoms with Crippen LogP contribution in [0.25, 0.3) is 21.3 Å². The zero-order valence-electron chi connectivity index (χ0n) is 15.2. The largest absolute Gasteiger partial charge is 0.338 e. The molecule has 1 N–H and O–H groups in total. The summed E-state index contributed by atoms with van der Waals surface area (Å²) in [6, 6.07) is 6.07. The van der Waals surface area contributed by atoms with Gasteiger partial charge in [0, 0.05) is 17.4 Å². The summed E-state index contributed by atoms with van der Waals surface area (Å²) in [5.74, 6) is 0.879. The number of nitrogens with one attached hydrogen (secondary N) is 1.